The molecular weight excluding hydrogens is 244 g/mol. The molecule has 2 fully saturated rings. The van der Waals surface area contributed by atoms with Crippen molar-refractivity contribution in [2.75, 3.05) is 19.6 Å². The second kappa shape index (κ2) is 6.43. The molecule has 2 atom stereocenters. The van der Waals surface area contributed by atoms with E-state index in [0.717, 1.165) is 25.4 Å². The van der Waals surface area contributed by atoms with Gasteiger partial charge in [0.1, 0.15) is 0 Å². The van der Waals surface area contributed by atoms with Gasteiger partial charge in [0.25, 0.3) is 0 Å². The van der Waals surface area contributed by atoms with Crippen molar-refractivity contribution in [1.82, 2.24) is 10.2 Å². The van der Waals surface area contributed by atoms with Crippen LogP contribution in [0.2, 0.25) is 0 Å². The average molecular weight is 268 g/mol. The summed E-state index contributed by atoms with van der Waals surface area (Å²) in [6.45, 7) is 5.27. The van der Waals surface area contributed by atoms with Gasteiger partial charge in [0.15, 0.2) is 0 Å². The molecule has 1 saturated carbocycles. The Labute approximate surface area is 122 Å². The Balaban J connectivity index is 1.70. The largest absolute Gasteiger partial charge is 0.311 e. The van der Waals surface area contributed by atoms with Gasteiger partial charge >= 0.3 is 0 Å². The van der Waals surface area contributed by atoms with E-state index >= 15 is 0 Å². The first-order valence-corrected chi connectivity index (χ1v) is 7.80. The van der Waals surface area contributed by atoms with Crippen molar-refractivity contribution >= 4 is 0 Å². The van der Waals surface area contributed by atoms with Gasteiger partial charge in [0.05, 0.1) is 0 Å². The van der Waals surface area contributed by atoms with Crippen LogP contribution in [-0.4, -0.2) is 30.6 Å². The summed E-state index contributed by atoms with van der Waals surface area (Å²) >= 11 is 0. The van der Waals surface area contributed by atoms with Gasteiger partial charge in [-0.2, -0.15) is 0 Å². The van der Waals surface area contributed by atoms with E-state index in [0.29, 0.717) is 12.1 Å². The minimum atomic E-state index is 0.504. The SMILES string of the molecule is CC#CCCN1CC(C2CC2)NCC1c1ccccc1. The zero-order chi connectivity index (χ0) is 13.8. The fourth-order valence-electron chi connectivity index (χ4n) is 3.23. The lowest BCUT2D eigenvalue weighted by Gasteiger charge is -2.40. The lowest BCUT2D eigenvalue weighted by atomic mass is 9.99. The fraction of sp³-hybridized carbons (Fsp3) is 0.556. The summed E-state index contributed by atoms with van der Waals surface area (Å²) < 4.78 is 0. The number of nitrogens with zero attached hydrogens (tertiary/aromatic N) is 1. The van der Waals surface area contributed by atoms with Gasteiger partial charge in [-0.25, -0.2) is 0 Å². The van der Waals surface area contributed by atoms with Crippen molar-refractivity contribution < 1.29 is 0 Å². The number of hydrogen-bond donors (Lipinski definition) is 1. The van der Waals surface area contributed by atoms with E-state index < -0.39 is 0 Å². The Morgan fingerprint density at radius 3 is 2.75 bits per heavy atom. The number of hydrogen-bond acceptors (Lipinski definition) is 2. The molecule has 2 unspecified atom stereocenters. The van der Waals surface area contributed by atoms with Gasteiger partial charge in [-0.15, -0.1) is 11.8 Å². The first-order valence-electron chi connectivity index (χ1n) is 7.80. The highest BCUT2D eigenvalue weighted by Gasteiger charge is 2.37. The van der Waals surface area contributed by atoms with Crippen molar-refractivity contribution in [3.63, 3.8) is 0 Å². The molecule has 20 heavy (non-hydrogen) atoms. The molecule has 2 heteroatoms. The summed E-state index contributed by atoms with van der Waals surface area (Å²) in [5, 5.41) is 3.77. The maximum absolute atomic E-state index is 3.77. The van der Waals surface area contributed by atoms with Crippen LogP contribution in [0.25, 0.3) is 0 Å². The molecular formula is C18H24N2. The van der Waals surface area contributed by atoms with Gasteiger partial charge in [-0.1, -0.05) is 30.3 Å². The predicted molar refractivity (Wildman–Crippen MR) is 83.3 cm³/mol. The standard InChI is InChI=1S/C18H24N2/c1-2-3-7-12-20-14-17(15-10-11-15)19-13-18(20)16-8-5-4-6-9-16/h4-6,8-9,15,17-19H,7,10-14H2,1H3. The highest BCUT2D eigenvalue weighted by atomic mass is 15.2. The molecule has 1 aliphatic carbocycles. The Hall–Kier alpha value is -1.30. The number of nitrogens with one attached hydrogen (secondary N) is 1. The zero-order valence-corrected chi connectivity index (χ0v) is 12.3. The molecule has 1 saturated heterocycles. The lowest BCUT2D eigenvalue weighted by Crippen LogP contribution is -2.53. The van der Waals surface area contributed by atoms with E-state index in [2.05, 4.69) is 52.4 Å². The molecule has 1 N–H and O–H groups in total. The smallest absolute Gasteiger partial charge is 0.0473 e. The van der Waals surface area contributed by atoms with E-state index in [9.17, 15) is 0 Å². The summed E-state index contributed by atoms with van der Waals surface area (Å²) in [7, 11) is 0. The van der Waals surface area contributed by atoms with E-state index in [1.165, 1.54) is 24.9 Å². The second-order valence-electron chi connectivity index (χ2n) is 5.95. The highest BCUT2D eigenvalue weighted by Crippen LogP contribution is 2.36. The van der Waals surface area contributed by atoms with Crippen molar-refractivity contribution in [2.24, 2.45) is 5.92 Å². The maximum atomic E-state index is 3.77. The van der Waals surface area contributed by atoms with Crippen LogP contribution >= 0.6 is 0 Å². The third-order valence-corrected chi connectivity index (χ3v) is 4.52. The van der Waals surface area contributed by atoms with Crippen molar-refractivity contribution in [3.8, 4) is 11.8 Å². The molecule has 0 amide bonds. The number of piperazine rings is 1. The number of benzene rings is 1. The van der Waals surface area contributed by atoms with Crippen LogP contribution in [0.15, 0.2) is 30.3 Å². The quantitative estimate of drug-likeness (QED) is 0.845. The molecule has 1 aliphatic heterocycles. The number of rotatable bonds is 4. The topological polar surface area (TPSA) is 15.3 Å². The minimum Gasteiger partial charge on any atom is -0.311 e. The van der Waals surface area contributed by atoms with E-state index in [-0.39, 0.29) is 0 Å². The van der Waals surface area contributed by atoms with E-state index in [1.54, 1.807) is 0 Å². The van der Waals surface area contributed by atoms with Gasteiger partial charge in [0.2, 0.25) is 0 Å². The zero-order valence-electron chi connectivity index (χ0n) is 12.3. The maximum Gasteiger partial charge on any atom is 0.0473 e. The highest BCUT2D eigenvalue weighted by molar-refractivity contribution is 5.20. The van der Waals surface area contributed by atoms with Crippen molar-refractivity contribution in [3.05, 3.63) is 35.9 Å². The molecule has 2 aliphatic rings. The first kappa shape index (κ1) is 13.7. The predicted octanol–water partition coefficient (Wildman–Crippen LogP) is 2.82. The average Bonchev–Trinajstić information content (AvgIpc) is 3.33. The van der Waals surface area contributed by atoms with Crippen LogP contribution in [-0.2, 0) is 0 Å². The Morgan fingerprint density at radius 1 is 1.25 bits per heavy atom. The molecule has 3 rings (SSSR count). The molecule has 1 aromatic carbocycles. The van der Waals surface area contributed by atoms with Crippen LogP contribution in [0.5, 0.6) is 0 Å². The van der Waals surface area contributed by atoms with Crippen LogP contribution in [0.4, 0.5) is 0 Å². The molecule has 1 heterocycles. The Morgan fingerprint density at radius 2 is 2.05 bits per heavy atom. The lowest BCUT2D eigenvalue weighted by molar-refractivity contribution is 0.125. The van der Waals surface area contributed by atoms with Crippen LogP contribution in [0.1, 0.15) is 37.8 Å². The van der Waals surface area contributed by atoms with Gasteiger partial charge < -0.3 is 5.32 Å². The van der Waals surface area contributed by atoms with Crippen LogP contribution in [0, 0.1) is 17.8 Å². The summed E-state index contributed by atoms with van der Waals surface area (Å²) in [5.74, 6) is 7.15. The van der Waals surface area contributed by atoms with Gasteiger partial charge in [0, 0.05) is 38.1 Å². The Bertz CT molecular complexity index is 481. The minimum absolute atomic E-state index is 0.504. The molecule has 0 bridgehead atoms. The fourth-order valence-corrected chi connectivity index (χ4v) is 3.23. The van der Waals surface area contributed by atoms with Crippen LogP contribution in [0.3, 0.4) is 0 Å². The molecule has 106 valence electrons. The Kier molecular flexibility index (Phi) is 4.40. The molecule has 2 nitrogen and oxygen atoms in total. The molecule has 0 spiro atoms. The van der Waals surface area contributed by atoms with Crippen molar-refractivity contribution in [2.45, 2.75) is 38.3 Å². The third kappa shape index (κ3) is 3.23. The normalized spacial score (nSPS) is 26.9. The second-order valence-corrected chi connectivity index (χ2v) is 5.95. The summed E-state index contributed by atoms with van der Waals surface area (Å²) in [6.07, 6.45) is 3.81. The molecule has 0 aromatic heterocycles. The van der Waals surface area contributed by atoms with Gasteiger partial charge in [-0.3, -0.25) is 4.90 Å². The van der Waals surface area contributed by atoms with Crippen molar-refractivity contribution in [1.29, 1.82) is 0 Å². The summed E-state index contributed by atoms with van der Waals surface area (Å²) in [6, 6.07) is 12.1. The van der Waals surface area contributed by atoms with E-state index in [4.69, 9.17) is 0 Å². The molecule has 0 radical (unpaired) electrons. The molecule has 1 aromatic rings. The van der Waals surface area contributed by atoms with E-state index in [1.807, 2.05) is 6.92 Å². The third-order valence-electron chi connectivity index (χ3n) is 4.52. The monoisotopic (exact) mass is 268 g/mol. The van der Waals surface area contributed by atoms with Gasteiger partial charge in [-0.05, 0) is 31.2 Å². The summed E-state index contributed by atoms with van der Waals surface area (Å²) in [5.41, 5.74) is 1.43. The van der Waals surface area contributed by atoms with Crippen LogP contribution < -0.4 is 5.32 Å². The first-order chi connectivity index (χ1) is 9.88. The summed E-state index contributed by atoms with van der Waals surface area (Å²) in [4.78, 5) is 2.64.